The van der Waals surface area contributed by atoms with Gasteiger partial charge in [-0.1, -0.05) is 13.8 Å². The average molecular weight is 249 g/mol. The molecule has 0 atom stereocenters. The summed E-state index contributed by atoms with van der Waals surface area (Å²) in [5, 5.41) is 21.5. The zero-order valence-electron chi connectivity index (χ0n) is 10.7. The molecule has 0 saturated heterocycles. The van der Waals surface area contributed by atoms with Crippen molar-refractivity contribution in [3.05, 3.63) is 23.8 Å². The van der Waals surface area contributed by atoms with Crippen molar-refractivity contribution in [2.45, 2.75) is 26.7 Å². The fourth-order valence-electron chi connectivity index (χ4n) is 2.20. The predicted molar refractivity (Wildman–Crippen MR) is 68.6 cm³/mol. The van der Waals surface area contributed by atoms with Gasteiger partial charge in [0, 0.05) is 18.2 Å². The van der Waals surface area contributed by atoms with Crippen molar-refractivity contribution >= 4 is 5.91 Å². The first-order valence-corrected chi connectivity index (χ1v) is 6.24. The molecule has 98 valence electrons. The van der Waals surface area contributed by atoms with E-state index >= 15 is 0 Å². The van der Waals surface area contributed by atoms with Crippen LogP contribution in [0.3, 0.4) is 0 Å². The summed E-state index contributed by atoms with van der Waals surface area (Å²) in [4.78, 5) is 11.9. The number of hydrogen-bond acceptors (Lipinski definition) is 3. The molecular formula is C14H19NO3. The van der Waals surface area contributed by atoms with Gasteiger partial charge in [0.1, 0.15) is 11.5 Å². The number of phenols is 2. The molecule has 0 radical (unpaired) electrons. The van der Waals surface area contributed by atoms with Crippen LogP contribution in [0.5, 0.6) is 11.5 Å². The Morgan fingerprint density at radius 1 is 1.28 bits per heavy atom. The third-order valence-corrected chi connectivity index (χ3v) is 3.88. The molecule has 1 saturated carbocycles. The number of phenolic OH excluding ortho intramolecular Hbond substituents is 2. The third-order valence-electron chi connectivity index (χ3n) is 3.88. The van der Waals surface area contributed by atoms with Gasteiger partial charge in [0.15, 0.2) is 0 Å². The topological polar surface area (TPSA) is 69.6 Å². The zero-order valence-corrected chi connectivity index (χ0v) is 10.7. The molecule has 1 amide bonds. The molecule has 2 rings (SSSR count). The summed E-state index contributed by atoms with van der Waals surface area (Å²) in [5.41, 5.74) is 0.529. The second kappa shape index (κ2) is 4.52. The average Bonchev–Trinajstić information content (AvgIpc) is 3.05. The van der Waals surface area contributed by atoms with E-state index in [2.05, 4.69) is 19.2 Å². The van der Waals surface area contributed by atoms with Gasteiger partial charge in [-0.2, -0.15) is 0 Å². The molecule has 1 fully saturated rings. The Kier molecular flexibility index (Phi) is 3.20. The number of carbonyl (C=O) groups excluding carboxylic acids is 1. The number of aromatic hydroxyl groups is 2. The Hall–Kier alpha value is -1.71. The lowest BCUT2D eigenvalue weighted by molar-refractivity contribution is 0.0939. The second-order valence-electron chi connectivity index (χ2n) is 5.44. The lowest BCUT2D eigenvalue weighted by Crippen LogP contribution is -2.32. The number of nitrogens with one attached hydrogen (secondary N) is 1. The van der Waals surface area contributed by atoms with E-state index in [9.17, 15) is 15.0 Å². The van der Waals surface area contributed by atoms with Crippen LogP contribution in [-0.4, -0.2) is 22.7 Å². The molecular weight excluding hydrogens is 230 g/mol. The molecule has 0 spiro atoms. The minimum atomic E-state index is -0.256. The molecule has 0 bridgehead atoms. The van der Waals surface area contributed by atoms with Gasteiger partial charge in [-0.15, -0.1) is 0 Å². The number of carbonyl (C=O) groups is 1. The van der Waals surface area contributed by atoms with Crippen LogP contribution in [0.15, 0.2) is 18.2 Å². The fourth-order valence-corrected chi connectivity index (χ4v) is 2.20. The normalized spacial score (nSPS) is 16.6. The highest BCUT2D eigenvalue weighted by molar-refractivity contribution is 5.95. The van der Waals surface area contributed by atoms with Crippen molar-refractivity contribution in [3.8, 4) is 11.5 Å². The summed E-state index contributed by atoms with van der Waals surface area (Å²) in [6, 6.07) is 3.90. The Morgan fingerprint density at radius 3 is 2.28 bits per heavy atom. The van der Waals surface area contributed by atoms with Crippen LogP contribution in [0.1, 0.15) is 37.0 Å². The summed E-state index contributed by atoms with van der Waals surface area (Å²) < 4.78 is 0. The van der Waals surface area contributed by atoms with Gasteiger partial charge in [0.25, 0.3) is 5.91 Å². The minimum absolute atomic E-state index is 0.106. The van der Waals surface area contributed by atoms with E-state index in [0.29, 0.717) is 12.5 Å². The lowest BCUT2D eigenvalue weighted by Gasteiger charge is -2.20. The highest BCUT2D eigenvalue weighted by atomic mass is 16.3. The fraction of sp³-hybridized carbons (Fsp3) is 0.500. The molecule has 1 aliphatic carbocycles. The largest absolute Gasteiger partial charge is 0.508 e. The van der Waals surface area contributed by atoms with Gasteiger partial charge >= 0.3 is 0 Å². The summed E-state index contributed by atoms with van der Waals surface area (Å²) >= 11 is 0. The van der Waals surface area contributed by atoms with Crippen LogP contribution >= 0.6 is 0 Å². The highest BCUT2D eigenvalue weighted by Crippen LogP contribution is 2.51. The Labute approximate surface area is 107 Å². The maximum atomic E-state index is 11.9. The molecule has 18 heavy (non-hydrogen) atoms. The molecule has 4 nitrogen and oxygen atoms in total. The van der Waals surface area contributed by atoms with E-state index < -0.39 is 0 Å². The molecule has 4 heteroatoms. The van der Waals surface area contributed by atoms with Crippen molar-refractivity contribution in [2.24, 2.45) is 11.3 Å². The molecule has 3 N–H and O–H groups in total. The Balaban J connectivity index is 2.00. The predicted octanol–water partition coefficient (Wildman–Crippen LogP) is 2.26. The zero-order chi connectivity index (χ0) is 13.3. The first-order valence-electron chi connectivity index (χ1n) is 6.24. The quantitative estimate of drug-likeness (QED) is 0.766. The van der Waals surface area contributed by atoms with Crippen molar-refractivity contribution in [2.75, 3.05) is 6.54 Å². The Morgan fingerprint density at radius 2 is 1.83 bits per heavy atom. The van der Waals surface area contributed by atoms with Gasteiger partial charge in [0.2, 0.25) is 0 Å². The SMILES string of the molecule is CC(C)C1(CNC(=O)c2cc(O)cc(O)c2)CC1. The standard InChI is InChI=1S/C14H19NO3/c1-9(2)14(3-4-14)8-15-13(18)10-5-11(16)7-12(17)6-10/h5-7,9,16-17H,3-4,8H2,1-2H3,(H,15,18). The van der Waals surface area contributed by atoms with E-state index in [0.717, 1.165) is 12.8 Å². The van der Waals surface area contributed by atoms with Crippen molar-refractivity contribution < 1.29 is 15.0 Å². The highest BCUT2D eigenvalue weighted by Gasteiger charge is 2.45. The maximum absolute atomic E-state index is 11.9. The van der Waals surface area contributed by atoms with Crippen LogP contribution in [-0.2, 0) is 0 Å². The summed E-state index contributed by atoms with van der Waals surface area (Å²) in [5.74, 6) is 0.0822. The lowest BCUT2D eigenvalue weighted by atomic mass is 9.92. The van der Waals surface area contributed by atoms with Gasteiger partial charge in [-0.25, -0.2) is 0 Å². The smallest absolute Gasteiger partial charge is 0.251 e. The van der Waals surface area contributed by atoms with Crippen molar-refractivity contribution in [3.63, 3.8) is 0 Å². The first kappa shape index (κ1) is 12.7. The molecule has 0 aliphatic heterocycles. The third kappa shape index (κ3) is 2.58. The molecule has 0 heterocycles. The van der Waals surface area contributed by atoms with Crippen molar-refractivity contribution in [1.82, 2.24) is 5.32 Å². The number of hydrogen-bond donors (Lipinski definition) is 3. The molecule has 1 aromatic carbocycles. The summed E-state index contributed by atoms with van der Waals surface area (Å²) in [6.45, 7) is 4.98. The monoisotopic (exact) mass is 249 g/mol. The minimum Gasteiger partial charge on any atom is -0.508 e. The number of rotatable bonds is 4. The van der Waals surface area contributed by atoms with E-state index in [1.165, 1.54) is 18.2 Å². The van der Waals surface area contributed by atoms with Crippen LogP contribution in [0.4, 0.5) is 0 Å². The van der Waals surface area contributed by atoms with Crippen LogP contribution in [0.2, 0.25) is 0 Å². The number of benzene rings is 1. The van der Waals surface area contributed by atoms with E-state index in [1.54, 1.807) is 0 Å². The number of amides is 1. The van der Waals surface area contributed by atoms with E-state index in [1.807, 2.05) is 0 Å². The molecule has 1 aromatic rings. The molecule has 0 aromatic heterocycles. The second-order valence-corrected chi connectivity index (χ2v) is 5.44. The van der Waals surface area contributed by atoms with Crippen LogP contribution in [0.25, 0.3) is 0 Å². The summed E-state index contributed by atoms with van der Waals surface area (Å²) in [6.07, 6.45) is 2.30. The van der Waals surface area contributed by atoms with E-state index in [-0.39, 0.29) is 28.4 Å². The van der Waals surface area contributed by atoms with Gasteiger partial charge in [-0.05, 0) is 36.3 Å². The van der Waals surface area contributed by atoms with Crippen LogP contribution in [0, 0.1) is 11.3 Å². The van der Waals surface area contributed by atoms with Crippen molar-refractivity contribution in [1.29, 1.82) is 0 Å². The van der Waals surface area contributed by atoms with Gasteiger partial charge in [0.05, 0.1) is 0 Å². The Bertz CT molecular complexity index is 444. The molecule has 1 aliphatic rings. The summed E-state index contributed by atoms with van der Waals surface area (Å²) in [7, 11) is 0. The van der Waals surface area contributed by atoms with Gasteiger partial charge < -0.3 is 15.5 Å². The maximum Gasteiger partial charge on any atom is 0.251 e. The van der Waals surface area contributed by atoms with Crippen LogP contribution < -0.4 is 5.32 Å². The molecule has 0 unspecified atom stereocenters. The van der Waals surface area contributed by atoms with E-state index in [4.69, 9.17) is 0 Å². The first-order chi connectivity index (χ1) is 8.43. The van der Waals surface area contributed by atoms with Gasteiger partial charge in [-0.3, -0.25) is 4.79 Å².